The van der Waals surface area contributed by atoms with E-state index in [0.29, 0.717) is 0 Å². The van der Waals surface area contributed by atoms with Gasteiger partial charge >= 0.3 is 0 Å². The molecule has 0 spiro atoms. The molecule has 0 saturated heterocycles. The van der Waals surface area contributed by atoms with Crippen LogP contribution in [-0.2, 0) is 0 Å². The van der Waals surface area contributed by atoms with E-state index in [9.17, 15) is 0 Å². The first-order chi connectivity index (χ1) is 6.74. The summed E-state index contributed by atoms with van der Waals surface area (Å²) in [4.78, 5) is 0. The molecule has 0 N–H and O–H groups in total. The predicted molar refractivity (Wildman–Crippen MR) is 65.4 cm³/mol. The van der Waals surface area contributed by atoms with Crippen LogP contribution in [0.15, 0.2) is 18.2 Å². The Morgan fingerprint density at radius 1 is 1.07 bits per heavy atom. The lowest BCUT2D eigenvalue weighted by Gasteiger charge is -2.02. The molecule has 0 aromatic heterocycles. The summed E-state index contributed by atoms with van der Waals surface area (Å²) in [6.07, 6.45) is 0. The number of hydrogen-bond donors (Lipinski definition) is 0. The Kier molecular flexibility index (Phi) is 11.7. The minimum atomic E-state index is 0.748. The molecular weight excluding hydrogens is 196 g/mol. The van der Waals surface area contributed by atoms with Crippen molar-refractivity contribution in [3.05, 3.63) is 28.8 Å². The molecule has 0 heterocycles. The minimum absolute atomic E-state index is 0.748. The van der Waals surface area contributed by atoms with E-state index in [0.717, 1.165) is 16.3 Å². The second kappa shape index (κ2) is 10.4. The van der Waals surface area contributed by atoms with Gasteiger partial charge < -0.3 is 4.74 Å². The first kappa shape index (κ1) is 15.8. The average molecular weight is 217 g/mol. The van der Waals surface area contributed by atoms with Crippen molar-refractivity contribution in [3.8, 4) is 5.75 Å². The first-order valence-corrected chi connectivity index (χ1v) is 5.42. The maximum absolute atomic E-state index is 5.72. The van der Waals surface area contributed by atoms with Gasteiger partial charge in [0.1, 0.15) is 5.75 Å². The van der Waals surface area contributed by atoms with Gasteiger partial charge in [-0.1, -0.05) is 39.3 Å². The lowest BCUT2D eigenvalue weighted by Crippen LogP contribution is -1.85. The van der Waals surface area contributed by atoms with Crippen LogP contribution in [0, 0.1) is 6.92 Å². The fourth-order valence-electron chi connectivity index (χ4n) is 0.842. The lowest BCUT2D eigenvalue weighted by molar-refractivity contribution is 0.411. The zero-order valence-electron chi connectivity index (χ0n) is 10.0. The Hall–Kier alpha value is -0.690. The molecule has 0 fully saturated rings. The predicted octanol–water partition coefficient (Wildman–Crippen LogP) is 4.71. The minimum Gasteiger partial charge on any atom is -0.496 e. The van der Waals surface area contributed by atoms with Crippen LogP contribution in [0.1, 0.15) is 33.3 Å². The third-order valence-corrected chi connectivity index (χ3v) is 1.59. The maximum Gasteiger partial charge on any atom is 0.121 e. The highest BCUT2D eigenvalue weighted by atomic mass is 35.5. The summed E-state index contributed by atoms with van der Waals surface area (Å²) < 4.78 is 5.04. The molecule has 0 radical (unpaired) electrons. The summed E-state index contributed by atoms with van der Waals surface area (Å²) in [5.41, 5.74) is 1.06. The average Bonchev–Trinajstić information content (AvgIpc) is 2.24. The summed E-state index contributed by atoms with van der Waals surface area (Å²) in [6.45, 7) is 9.96. The fraction of sp³-hybridized carbons (Fsp3) is 0.500. The quantitative estimate of drug-likeness (QED) is 0.661. The Morgan fingerprint density at radius 2 is 1.57 bits per heavy atom. The molecule has 14 heavy (non-hydrogen) atoms. The molecule has 1 aromatic carbocycles. The van der Waals surface area contributed by atoms with Crippen molar-refractivity contribution in [1.82, 2.24) is 0 Å². The van der Waals surface area contributed by atoms with E-state index < -0.39 is 0 Å². The Balaban J connectivity index is 0. The topological polar surface area (TPSA) is 9.23 Å². The Morgan fingerprint density at radius 3 is 1.93 bits per heavy atom. The molecule has 1 nitrogen and oxygen atoms in total. The highest BCUT2D eigenvalue weighted by molar-refractivity contribution is 6.30. The third-order valence-electron chi connectivity index (χ3n) is 1.36. The Labute approximate surface area is 93.0 Å². The van der Waals surface area contributed by atoms with Crippen molar-refractivity contribution in [3.63, 3.8) is 0 Å². The molecule has 1 aromatic rings. The number of benzene rings is 1. The molecule has 0 aliphatic heterocycles. The van der Waals surface area contributed by atoms with Crippen LogP contribution in [0.25, 0.3) is 0 Å². The lowest BCUT2D eigenvalue weighted by atomic mass is 10.2. The summed E-state index contributed by atoms with van der Waals surface area (Å²) in [5, 5.41) is 0.748. The van der Waals surface area contributed by atoms with Crippen molar-refractivity contribution in [2.75, 3.05) is 7.11 Å². The van der Waals surface area contributed by atoms with Crippen molar-refractivity contribution >= 4 is 11.6 Å². The molecule has 0 saturated carbocycles. The number of methoxy groups -OCH3 is 1. The van der Waals surface area contributed by atoms with Gasteiger partial charge in [-0.25, -0.2) is 0 Å². The number of hydrogen-bond acceptors (Lipinski definition) is 1. The highest BCUT2D eigenvalue weighted by Crippen LogP contribution is 2.20. The second-order valence-electron chi connectivity index (χ2n) is 2.11. The molecule has 0 aliphatic carbocycles. The molecule has 0 atom stereocenters. The summed E-state index contributed by atoms with van der Waals surface area (Å²) >= 11 is 5.72. The van der Waals surface area contributed by atoms with Crippen LogP contribution in [-0.4, -0.2) is 7.11 Å². The van der Waals surface area contributed by atoms with Crippen LogP contribution in [0.2, 0.25) is 5.02 Å². The zero-order chi connectivity index (χ0) is 11.6. The van der Waals surface area contributed by atoms with Crippen molar-refractivity contribution in [2.45, 2.75) is 34.6 Å². The first-order valence-electron chi connectivity index (χ1n) is 5.04. The summed E-state index contributed by atoms with van der Waals surface area (Å²) in [5.74, 6) is 0.879. The molecule has 0 unspecified atom stereocenters. The fourth-order valence-corrected chi connectivity index (χ4v) is 1.07. The number of rotatable bonds is 1. The van der Waals surface area contributed by atoms with Crippen LogP contribution in [0.4, 0.5) is 0 Å². The van der Waals surface area contributed by atoms with Gasteiger partial charge in [0.2, 0.25) is 0 Å². The monoisotopic (exact) mass is 216 g/mol. The van der Waals surface area contributed by atoms with Crippen molar-refractivity contribution in [2.24, 2.45) is 0 Å². The van der Waals surface area contributed by atoms with E-state index in [1.807, 2.05) is 52.8 Å². The molecule has 0 bridgehead atoms. The van der Waals surface area contributed by atoms with Gasteiger partial charge in [-0.05, 0) is 30.7 Å². The zero-order valence-corrected chi connectivity index (χ0v) is 10.8. The van der Waals surface area contributed by atoms with Crippen LogP contribution in [0.5, 0.6) is 5.75 Å². The van der Waals surface area contributed by atoms with Gasteiger partial charge in [-0.15, -0.1) is 0 Å². The van der Waals surface area contributed by atoms with Gasteiger partial charge in [0, 0.05) is 5.02 Å². The Bertz CT molecular complexity index is 234. The van der Waals surface area contributed by atoms with E-state index >= 15 is 0 Å². The normalized spacial score (nSPS) is 7.64. The highest BCUT2D eigenvalue weighted by Gasteiger charge is 1.95. The smallest absolute Gasteiger partial charge is 0.121 e. The molecular formula is C12H21ClO. The van der Waals surface area contributed by atoms with E-state index in [-0.39, 0.29) is 0 Å². The van der Waals surface area contributed by atoms with Crippen LogP contribution in [0.3, 0.4) is 0 Å². The standard InChI is InChI=1S/C8H9ClO.2C2H6/c1-6-5-7(9)3-4-8(6)10-2;2*1-2/h3-5H,1-2H3;2*1-2H3. The van der Waals surface area contributed by atoms with Gasteiger partial charge in [0.05, 0.1) is 7.11 Å². The molecule has 82 valence electrons. The van der Waals surface area contributed by atoms with Crippen molar-refractivity contribution < 1.29 is 4.74 Å². The SMILES string of the molecule is CC.CC.COc1ccc(Cl)cc1C. The second-order valence-corrected chi connectivity index (χ2v) is 2.55. The van der Waals surface area contributed by atoms with E-state index in [1.54, 1.807) is 7.11 Å². The van der Waals surface area contributed by atoms with Crippen LogP contribution >= 0.6 is 11.6 Å². The number of ether oxygens (including phenoxy) is 1. The summed E-state index contributed by atoms with van der Waals surface area (Å²) in [7, 11) is 1.65. The van der Waals surface area contributed by atoms with E-state index in [4.69, 9.17) is 16.3 Å². The van der Waals surface area contributed by atoms with Gasteiger partial charge in [-0.2, -0.15) is 0 Å². The van der Waals surface area contributed by atoms with Crippen LogP contribution < -0.4 is 4.74 Å². The third kappa shape index (κ3) is 5.87. The van der Waals surface area contributed by atoms with E-state index in [2.05, 4.69) is 0 Å². The largest absolute Gasteiger partial charge is 0.496 e. The molecule has 1 rings (SSSR count). The number of halogens is 1. The van der Waals surface area contributed by atoms with E-state index in [1.165, 1.54) is 0 Å². The molecule has 0 aliphatic rings. The van der Waals surface area contributed by atoms with Gasteiger partial charge in [-0.3, -0.25) is 0 Å². The van der Waals surface area contributed by atoms with Crippen molar-refractivity contribution in [1.29, 1.82) is 0 Å². The van der Waals surface area contributed by atoms with Gasteiger partial charge in [0.25, 0.3) is 0 Å². The van der Waals surface area contributed by atoms with Gasteiger partial charge in [0.15, 0.2) is 0 Å². The molecule has 0 amide bonds. The maximum atomic E-state index is 5.72. The number of aryl methyl sites for hydroxylation is 1. The summed E-state index contributed by atoms with van der Waals surface area (Å²) in [6, 6.07) is 5.55. The molecule has 2 heteroatoms.